The van der Waals surface area contributed by atoms with Crippen molar-refractivity contribution in [3.63, 3.8) is 0 Å². The van der Waals surface area contributed by atoms with Crippen molar-refractivity contribution in [2.75, 3.05) is 37.7 Å². The van der Waals surface area contributed by atoms with Crippen LogP contribution in [-0.4, -0.2) is 47.6 Å². The van der Waals surface area contributed by atoms with Crippen LogP contribution in [0.5, 0.6) is 0 Å². The largest absolute Gasteiger partial charge is 0.478 e. The molecule has 0 aliphatic carbocycles. The predicted molar refractivity (Wildman–Crippen MR) is 67.3 cm³/mol. The molecule has 0 saturated carbocycles. The first-order chi connectivity index (χ1) is 8.06. The summed E-state index contributed by atoms with van der Waals surface area (Å²) in [5.41, 5.74) is 5.97. The number of nitrogens with one attached hydrogen (secondary N) is 1. The molecule has 0 spiro atoms. The minimum absolute atomic E-state index is 0.0753. The van der Waals surface area contributed by atoms with Gasteiger partial charge in [0.05, 0.1) is 11.3 Å². The number of aromatic nitrogens is 1. The van der Waals surface area contributed by atoms with E-state index in [2.05, 4.69) is 22.1 Å². The van der Waals surface area contributed by atoms with Gasteiger partial charge in [-0.05, 0) is 19.7 Å². The highest BCUT2D eigenvalue weighted by molar-refractivity contribution is 5.96. The van der Waals surface area contributed by atoms with Gasteiger partial charge < -0.3 is 21.1 Å². The number of rotatable bonds is 6. The number of carboxylic acids is 1. The topological polar surface area (TPSA) is 91.5 Å². The first-order valence-corrected chi connectivity index (χ1v) is 5.46. The second-order valence-electron chi connectivity index (χ2n) is 3.75. The number of anilines is 2. The van der Waals surface area contributed by atoms with Crippen LogP contribution >= 0.6 is 0 Å². The van der Waals surface area contributed by atoms with Gasteiger partial charge >= 0.3 is 5.97 Å². The van der Waals surface area contributed by atoms with Crippen LogP contribution in [0, 0.1) is 0 Å². The maximum atomic E-state index is 10.9. The number of hydrogen-bond donors (Lipinski definition) is 3. The number of aromatic carboxylic acids is 1. The number of carbonyl (C=O) groups is 1. The summed E-state index contributed by atoms with van der Waals surface area (Å²) in [6.45, 7) is 4.54. The number of carboxylic acid groups (broad SMARTS) is 1. The molecule has 0 saturated heterocycles. The zero-order chi connectivity index (χ0) is 12.8. The smallest absolute Gasteiger partial charge is 0.337 e. The lowest BCUT2D eigenvalue weighted by atomic mass is 10.2. The predicted octanol–water partition coefficient (Wildman–Crippen LogP) is 0.726. The molecule has 1 heterocycles. The van der Waals surface area contributed by atoms with E-state index in [1.54, 1.807) is 0 Å². The molecule has 0 unspecified atom stereocenters. The van der Waals surface area contributed by atoms with Gasteiger partial charge in [-0.25, -0.2) is 9.78 Å². The third kappa shape index (κ3) is 3.60. The van der Waals surface area contributed by atoms with Crippen molar-refractivity contribution in [1.82, 2.24) is 9.88 Å². The van der Waals surface area contributed by atoms with E-state index in [-0.39, 0.29) is 11.3 Å². The fourth-order valence-electron chi connectivity index (χ4n) is 1.32. The second kappa shape index (κ2) is 6.05. The van der Waals surface area contributed by atoms with Gasteiger partial charge in [0, 0.05) is 19.3 Å². The van der Waals surface area contributed by atoms with Crippen molar-refractivity contribution in [1.29, 1.82) is 0 Å². The highest BCUT2D eigenvalue weighted by Gasteiger charge is 2.11. The Morgan fingerprint density at radius 2 is 2.35 bits per heavy atom. The molecule has 6 nitrogen and oxygen atoms in total. The zero-order valence-corrected chi connectivity index (χ0v) is 10.1. The Bertz CT molecular complexity index is 395. The molecule has 1 rings (SSSR count). The monoisotopic (exact) mass is 238 g/mol. The summed E-state index contributed by atoms with van der Waals surface area (Å²) in [4.78, 5) is 17.0. The van der Waals surface area contributed by atoms with Crippen LogP contribution in [0.15, 0.2) is 12.3 Å². The molecule has 1 aromatic rings. The lowest BCUT2D eigenvalue weighted by Crippen LogP contribution is -2.25. The van der Waals surface area contributed by atoms with Crippen LogP contribution in [-0.2, 0) is 0 Å². The molecule has 0 aliphatic rings. The van der Waals surface area contributed by atoms with Crippen LogP contribution in [0.25, 0.3) is 0 Å². The second-order valence-corrected chi connectivity index (χ2v) is 3.75. The summed E-state index contributed by atoms with van der Waals surface area (Å²) < 4.78 is 0. The minimum Gasteiger partial charge on any atom is -0.478 e. The third-order valence-electron chi connectivity index (χ3n) is 2.55. The Morgan fingerprint density at radius 3 is 2.94 bits per heavy atom. The molecule has 6 heteroatoms. The van der Waals surface area contributed by atoms with Crippen molar-refractivity contribution >= 4 is 17.5 Å². The quantitative estimate of drug-likeness (QED) is 0.676. The number of nitrogen functional groups attached to an aromatic ring is 1. The number of nitrogens with two attached hydrogens (primary N) is 1. The van der Waals surface area contributed by atoms with Gasteiger partial charge in [-0.15, -0.1) is 0 Å². The number of hydrogen-bond acceptors (Lipinski definition) is 5. The highest BCUT2D eigenvalue weighted by atomic mass is 16.4. The standard InChI is InChI=1S/C11H18N4O2/c1-3-15(2)7-6-14-10-9(12)8(11(16)17)4-5-13-10/h4-5H,3,6-7,12H2,1-2H3,(H,13,14)(H,16,17). The average Bonchev–Trinajstić information content (AvgIpc) is 2.30. The molecule has 4 N–H and O–H groups in total. The molecule has 1 aromatic heterocycles. The van der Waals surface area contributed by atoms with Gasteiger partial charge in [0.2, 0.25) is 0 Å². The summed E-state index contributed by atoms with van der Waals surface area (Å²) in [6.07, 6.45) is 1.44. The van der Waals surface area contributed by atoms with E-state index in [1.807, 2.05) is 7.05 Å². The van der Waals surface area contributed by atoms with Crippen LogP contribution in [0.4, 0.5) is 11.5 Å². The summed E-state index contributed by atoms with van der Waals surface area (Å²) in [7, 11) is 2.01. The molecule has 0 amide bonds. The summed E-state index contributed by atoms with van der Waals surface area (Å²) in [6, 6.07) is 1.39. The van der Waals surface area contributed by atoms with Gasteiger partial charge in [0.25, 0.3) is 0 Å². The summed E-state index contributed by atoms with van der Waals surface area (Å²) in [5.74, 6) is -0.618. The van der Waals surface area contributed by atoms with E-state index in [0.29, 0.717) is 12.4 Å². The van der Waals surface area contributed by atoms with Crippen molar-refractivity contribution in [3.05, 3.63) is 17.8 Å². The lowest BCUT2D eigenvalue weighted by molar-refractivity contribution is 0.0698. The molecule has 0 bridgehead atoms. The molecule has 17 heavy (non-hydrogen) atoms. The third-order valence-corrected chi connectivity index (χ3v) is 2.55. The molecule has 0 radical (unpaired) electrons. The molecule has 0 atom stereocenters. The molecule has 0 fully saturated rings. The average molecular weight is 238 g/mol. The van der Waals surface area contributed by atoms with Crippen LogP contribution < -0.4 is 11.1 Å². The Hall–Kier alpha value is -1.82. The first kappa shape index (κ1) is 13.2. The molecule has 0 aromatic carbocycles. The molecule has 94 valence electrons. The molecule has 0 aliphatic heterocycles. The van der Waals surface area contributed by atoms with Crippen LogP contribution in [0.1, 0.15) is 17.3 Å². The first-order valence-electron chi connectivity index (χ1n) is 5.46. The maximum Gasteiger partial charge on any atom is 0.337 e. The van der Waals surface area contributed by atoms with E-state index < -0.39 is 5.97 Å². The van der Waals surface area contributed by atoms with E-state index >= 15 is 0 Å². The fourth-order valence-corrected chi connectivity index (χ4v) is 1.32. The van der Waals surface area contributed by atoms with Gasteiger partial charge in [-0.3, -0.25) is 0 Å². The van der Waals surface area contributed by atoms with Crippen LogP contribution in [0.3, 0.4) is 0 Å². The highest BCUT2D eigenvalue weighted by Crippen LogP contribution is 2.19. The number of likely N-dealkylation sites (N-methyl/N-ethyl adjacent to an activating group) is 1. The maximum absolute atomic E-state index is 10.9. The van der Waals surface area contributed by atoms with Crippen molar-refractivity contribution < 1.29 is 9.90 Å². The molecular weight excluding hydrogens is 220 g/mol. The van der Waals surface area contributed by atoms with E-state index in [1.165, 1.54) is 12.3 Å². The summed E-state index contributed by atoms with van der Waals surface area (Å²) >= 11 is 0. The van der Waals surface area contributed by atoms with E-state index in [4.69, 9.17) is 10.8 Å². The zero-order valence-electron chi connectivity index (χ0n) is 10.1. The number of nitrogens with zero attached hydrogens (tertiary/aromatic N) is 2. The Balaban J connectivity index is 2.66. The Morgan fingerprint density at radius 1 is 1.65 bits per heavy atom. The van der Waals surface area contributed by atoms with E-state index in [0.717, 1.165) is 13.1 Å². The number of pyridine rings is 1. The van der Waals surface area contributed by atoms with Crippen LogP contribution in [0.2, 0.25) is 0 Å². The summed E-state index contributed by atoms with van der Waals surface area (Å²) in [5, 5.41) is 11.9. The lowest BCUT2D eigenvalue weighted by Gasteiger charge is -2.15. The molecular formula is C11H18N4O2. The van der Waals surface area contributed by atoms with Crippen molar-refractivity contribution in [3.8, 4) is 0 Å². The van der Waals surface area contributed by atoms with Gasteiger partial charge in [0.15, 0.2) is 0 Å². The van der Waals surface area contributed by atoms with E-state index in [9.17, 15) is 4.79 Å². The minimum atomic E-state index is -1.04. The normalized spacial score (nSPS) is 10.5. The van der Waals surface area contributed by atoms with Gasteiger partial charge in [-0.2, -0.15) is 0 Å². The van der Waals surface area contributed by atoms with Gasteiger partial charge in [0.1, 0.15) is 5.82 Å². The fraction of sp³-hybridized carbons (Fsp3) is 0.455. The Kier molecular flexibility index (Phi) is 4.71. The van der Waals surface area contributed by atoms with Gasteiger partial charge in [-0.1, -0.05) is 6.92 Å². The SMILES string of the molecule is CCN(C)CCNc1nccc(C(=O)O)c1N. The van der Waals surface area contributed by atoms with Crippen molar-refractivity contribution in [2.45, 2.75) is 6.92 Å². The Labute approximate surface area is 100 Å². The van der Waals surface area contributed by atoms with Crippen molar-refractivity contribution in [2.24, 2.45) is 0 Å².